The standard InChI is InChI=1S/C14H8BrClF2O.C12H23N6OP/c15-13(12-10(16)2-1-3-11(12)18)14(19)8-4-6-9(17)7-5-8;1-15(2)20(16(3)4,17(5)6)19-18-12-10-8-7-9-11(12)13-14-18/h1-7,13H;7-10,20H,1-6H3. The number of para-hydroxylation sites is 1. The molecule has 4 aromatic rings. The normalized spacial score (nSPS) is 12.9. The summed E-state index contributed by atoms with van der Waals surface area (Å²) in [4.78, 5) is 12.8. The maximum absolute atomic E-state index is 13.7. The van der Waals surface area contributed by atoms with Crippen molar-refractivity contribution in [3.63, 3.8) is 0 Å². The fourth-order valence-electron chi connectivity index (χ4n) is 4.12. The number of Topliss-reactive ketones (excluding diaryl/α,β-unsaturated/α-hetero) is 1. The average Bonchev–Trinajstić information content (AvgIpc) is 3.29. The SMILES string of the molecule is CN(C)[PH](On1nnc2ccccc21)(N(C)C)N(C)C.O=C(c1ccc(F)cc1)C(Br)c1c(F)cccc1Cl. The van der Waals surface area contributed by atoms with Gasteiger partial charge in [-0.3, -0.25) is 4.79 Å². The first kappa shape index (κ1) is 31.0. The summed E-state index contributed by atoms with van der Waals surface area (Å²) in [5.41, 5.74) is 2.06. The number of ketones is 1. The largest absolute Gasteiger partial charge is 0.293 e. The summed E-state index contributed by atoms with van der Waals surface area (Å²) in [5.74, 6) is -1.39. The molecule has 1 unspecified atom stereocenters. The second kappa shape index (κ2) is 13.2. The van der Waals surface area contributed by atoms with E-state index in [-0.39, 0.29) is 21.9 Å². The monoisotopic (exact) mass is 642 g/mol. The maximum atomic E-state index is 13.7. The van der Waals surface area contributed by atoms with E-state index in [0.717, 1.165) is 11.0 Å². The molecule has 0 bridgehead atoms. The van der Waals surface area contributed by atoms with Crippen LogP contribution in [0.2, 0.25) is 5.02 Å². The van der Waals surface area contributed by atoms with E-state index in [4.69, 9.17) is 16.2 Å². The first-order valence-electron chi connectivity index (χ1n) is 11.8. The smallest absolute Gasteiger partial charge is 0.181 e. The molecule has 0 aliphatic rings. The third-order valence-electron chi connectivity index (χ3n) is 5.89. The summed E-state index contributed by atoms with van der Waals surface area (Å²) in [7, 11) is 9.63. The molecule has 0 saturated carbocycles. The van der Waals surface area contributed by atoms with Crippen molar-refractivity contribution in [2.45, 2.75) is 4.83 Å². The molecule has 0 saturated heterocycles. The van der Waals surface area contributed by atoms with Gasteiger partial charge in [-0.1, -0.05) is 33.6 Å². The molecule has 0 aliphatic heterocycles. The van der Waals surface area contributed by atoms with Crippen molar-refractivity contribution in [1.82, 2.24) is 29.2 Å². The van der Waals surface area contributed by atoms with Crippen LogP contribution in [0.1, 0.15) is 20.7 Å². The van der Waals surface area contributed by atoms with E-state index in [1.807, 2.05) is 66.6 Å². The number of carbonyl (C=O) groups excluding carboxylic acids is 1. The quantitative estimate of drug-likeness (QED) is 0.135. The van der Waals surface area contributed by atoms with Crippen LogP contribution in [0.3, 0.4) is 0 Å². The van der Waals surface area contributed by atoms with Crippen molar-refractivity contribution < 1.29 is 18.2 Å². The van der Waals surface area contributed by atoms with Crippen LogP contribution in [0.15, 0.2) is 66.7 Å². The van der Waals surface area contributed by atoms with Crippen molar-refractivity contribution in [2.75, 3.05) is 42.3 Å². The molecule has 0 amide bonds. The van der Waals surface area contributed by atoms with Crippen molar-refractivity contribution in [3.05, 3.63) is 94.5 Å². The van der Waals surface area contributed by atoms with E-state index < -0.39 is 24.4 Å². The van der Waals surface area contributed by atoms with Crippen LogP contribution in [0.4, 0.5) is 8.78 Å². The number of fused-ring (bicyclic) bond motifs is 1. The number of hydrogen-bond acceptors (Lipinski definition) is 7. The van der Waals surface area contributed by atoms with Gasteiger partial charge in [0, 0.05) is 16.1 Å². The van der Waals surface area contributed by atoms with Crippen LogP contribution in [0, 0.1) is 11.6 Å². The number of carbonyl (C=O) groups is 1. The molecule has 1 atom stereocenters. The van der Waals surface area contributed by atoms with Gasteiger partial charge in [0.25, 0.3) is 0 Å². The molecular weight excluding hydrogens is 613 g/mol. The first-order chi connectivity index (χ1) is 18.4. The van der Waals surface area contributed by atoms with Gasteiger partial charge in [-0.15, -0.1) is 0 Å². The fraction of sp³-hybridized carbons (Fsp3) is 0.269. The fourth-order valence-corrected chi connectivity index (χ4v) is 8.51. The van der Waals surface area contributed by atoms with E-state index >= 15 is 0 Å². The predicted octanol–water partition coefficient (Wildman–Crippen LogP) is 5.89. The Balaban J connectivity index is 0.000000216. The predicted molar refractivity (Wildman–Crippen MR) is 157 cm³/mol. The Labute approximate surface area is 240 Å². The summed E-state index contributed by atoms with van der Waals surface area (Å²) in [6, 6.07) is 17.0. The molecule has 1 aromatic heterocycles. The van der Waals surface area contributed by atoms with E-state index in [0.29, 0.717) is 0 Å². The number of hydrogen-bond donors (Lipinski definition) is 0. The van der Waals surface area contributed by atoms with Gasteiger partial charge in [0.1, 0.15) is 16.5 Å². The third-order valence-corrected chi connectivity index (χ3v) is 11.0. The number of nitrogens with zero attached hydrogens (tertiary/aromatic N) is 6. The molecule has 39 heavy (non-hydrogen) atoms. The van der Waals surface area contributed by atoms with Gasteiger partial charge >= 0.3 is 119 Å². The Morgan fingerprint density at radius 3 is 2.08 bits per heavy atom. The summed E-state index contributed by atoms with van der Waals surface area (Å²) < 4.78 is 39.2. The minimum Gasteiger partial charge on any atom is -0.293 e. The number of aromatic nitrogens is 3. The topological polar surface area (TPSA) is 66.7 Å². The molecule has 0 spiro atoms. The van der Waals surface area contributed by atoms with Gasteiger partial charge in [0.05, 0.1) is 0 Å². The van der Waals surface area contributed by atoms with Crippen LogP contribution in [-0.4, -0.2) is 77.2 Å². The number of rotatable bonds is 8. The van der Waals surface area contributed by atoms with Crippen LogP contribution in [-0.2, 0) is 0 Å². The Morgan fingerprint density at radius 2 is 1.51 bits per heavy atom. The van der Waals surface area contributed by atoms with Crippen molar-refractivity contribution >= 4 is 52.3 Å². The second-order valence-electron chi connectivity index (χ2n) is 9.17. The van der Waals surface area contributed by atoms with Crippen molar-refractivity contribution in [1.29, 1.82) is 0 Å². The van der Waals surface area contributed by atoms with Gasteiger partial charge in [-0.25, -0.2) is 8.78 Å². The zero-order valence-corrected chi connectivity index (χ0v) is 25.8. The molecule has 3 aromatic carbocycles. The van der Waals surface area contributed by atoms with Gasteiger partial charge in [-0.2, -0.15) is 0 Å². The molecule has 8 nitrogen and oxygen atoms in total. The molecule has 13 heteroatoms. The molecule has 0 radical (unpaired) electrons. The molecule has 0 N–H and O–H groups in total. The second-order valence-corrected chi connectivity index (χ2v) is 14.5. The molecule has 1 heterocycles. The van der Waals surface area contributed by atoms with E-state index in [9.17, 15) is 13.6 Å². The van der Waals surface area contributed by atoms with Crippen LogP contribution >= 0.6 is 35.5 Å². The van der Waals surface area contributed by atoms with Crippen LogP contribution < -0.4 is 4.62 Å². The summed E-state index contributed by atoms with van der Waals surface area (Å²) in [6.45, 7) is 0. The van der Waals surface area contributed by atoms with Crippen LogP contribution in [0.25, 0.3) is 11.0 Å². The van der Waals surface area contributed by atoms with Gasteiger partial charge in [0.2, 0.25) is 0 Å². The number of alkyl halides is 1. The van der Waals surface area contributed by atoms with E-state index in [2.05, 4.69) is 40.3 Å². The molecule has 0 fully saturated rings. The minimum atomic E-state index is -2.49. The number of benzene rings is 3. The third kappa shape index (κ3) is 6.80. The van der Waals surface area contributed by atoms with Gasteiger partial charge < -0.3 is 0 Å². The number of halogens is 4. The first-order valence-corrected chi connectivity index (χ1v) is 14.8. The van der Waals surface area contributed by atoms with E-state index in [1.165, 1.54) is 47.3 Å². The Morgan fingerprint density at radius 1 is 0.923 bits per heavy atom. The summed E-state index contributed by atoms with van der Waals surface area (Å²) in [6.07, 6.45) is 0. The maximum Gasteiger partial charge on any atom is 0.181 e. The van der Waals surface area contributed by atoms with E-state index in [1.54, 1.807) is 0 Å². The van der Waals surface area contributed by atoms with Crippen molar-refractivity contribution in [3.8, 4) is 0 Å². The van der Waals surface area contributed by atoms with Crippen molar-refractivity contribution in [2.24, 2.45) is 0 Å². The van der Waals surface area contributed by atoms with Crippen LogP contribution in [0.5, 0.6) is 0 Å². The molecule has 0 aliphatic carbocycles. The van der Waals surface area contributed by atoms with Gasteiger partial charge in [-0.05, 0) is 36.4 Å². The Hall–Kier alpha value is -2.53. The zero-order valence-electron chi connectivity index (χ0n) is 22.4. The minimum absolute atomic E-state index is 0.0819. The molecular formula is C26H31BrClF2N6O2P. The summed E-state index contributed by atoms with van der Waals surface area (Å²) >= 11 is 9.04. The average molecular weight is 644 g/mol. The molecule has 4 rings (SSSR count). The Kier molecular flexibility index (Phi) is 10.5. The summed E-state index contributed by atoms with van der Waals surface area (Å²) in [5, 5.41) is 8.43. The molecule has 210 valence electrons. The van der Waals surface area contributed by atoms with Gasteiger partial charge in [0.15, 0.2) is 5.78 Å². The zero-order chi connectivity index (χ0) is 28.9. The Bertz CT molecular complexity index is 1380.